The van der Waals surface area contributed by atoms with Crippen LogP contribution in [0.3, 0.4) is 0 Å². The summed E-state index contributed by atoms with van der Waals surface area (Å²) in [5, 5.41) is 0. The van der Waals surface area contributed by atoms with Crippen molar-refractivity contribution in [2.24, 2.45) is 5.84 Å². The van der Waals surface area contributed by atoms with Gasteiger partial charge in [0.25, 0.3) is 0 Å². The van der Waals surface area contributed by atoms with Crippen molar-refractivity contribution in [3.05, 3.63) is 30.1 Å². The van der Waals surface area contributed by atoms with Crippen LogP contribution in [0.2, 0.25) is 0 Å². The van der Waals surface area contributed by atoms with E-state index in [1.165, 1.54) is 0 Å². The summed E-state index contributed by atoms with van der Waals surface area (Å²) in [5.41, 5.74) is 2.54. The van der Waals surface area contributed by atoms with Crippen LogP contribution in [-0.2, 0) is 10.2 Å². The van der Waals surface area contributed by atoms with Crippen LogP contribution in [0.4, 0.5) is 0 Å². The highest BCUT2D eigenvalue weighted by Crippen LogP contribution is 2.34. The molecule has 0 atom stereocenters. The van der Waals surface area contributed by atoms with Gasteiger partial charge >= 0.3 is 0 Å². The zero-order chi connectivity index (χ0) is 12.3. The number of hydrogen-bond acceptors (Lipinski definition) is 4. The average Bonchev–Trinajstić information content (AvgIpc) is 2.40. The molecule has 0 aromatic carbocycles. The normalized spacial score (nSPS) is 19.9. The van der Waals surface area contributed by atoms with E-state index < -0.39 is 5.41 Å². The summed E-state index contributed by atoms with van der Waals surface area (Å²) in [6, 6.07) is 5.67. The lowest BCUT2D eigenvalue weighted by Crippen LogP contribution is -2.53. The van der Waals surface area contributed by atoms with Crippen molar-refractivity contribution in [1.29, 1.82) is 0 Å². The second kappa shape index (κ2) is 4.81. The fraction of sp³-hybridized carbons (Fsp3) is 0.500. The number of aromatic nitrogens is 1. The minimum atomic E-state index is -0.567. The van der Waals surface area contributed by atoms with Crippen molar-refractivity contribution in [2.45, 2.75) is 18.3 Å². The Morgan fingerprint density at radius 3 is 2.71 bits per heavy atom. The molecule has 5 heteroatoms. The van der Waals surface area contributed by atoms with Gasteiger partial charge in [0.1, 0.15) is 0 Å². The lowest BCUT2D eigenvalue weighted by molar-refractivity contribution is -0.128. The number of carbonyl (C=O) groups is 1. The summed E-state index contributed by atoms with van der Waals surface area (Å²) in [7, 11) is 2.06. The summed E-state index contributed by atoms with van der Waals surface area (Å²) in [6.07, 6.45) is 3.23. The number of piperidine rings is 1. The Bertz CT molecular complexity index is 385. The monoisotopic (exact) mass is 234 g/mol. The molecule has 0 spiro atoms. The van der Waals surface area contributed by atoms with Gasteiger partial charge < -0.3 is 4.90 Å². The second-order valence-electron chi connectivity index (χ2n) is 4.57. The second-order valence-corrected chi connectivity index (χ2v) is 4.57. The van der Waals surface area contributed by atoms with Gasteiger partial charge in [-0.2, -0.15) is 0 Å². The third-order valence-corrected chi connectivity index (χ3v) is 3.56. The first-order chi connectivity index (χ1) is 8.19. The fourth-order valence-electron chi connectivity index (χ4n) is 2.38. The van der Waals surface area contributed by atoms with Crippen molar-refractivity contribution in [1.82, 2.24) is 15.3 Å². The Kier molecular flexibility index (Phi) is 3.40. The van der Waals surface area contributed by atoms with Crippen LogP contribution in [0.15, 0.2) is 24.4 Å². The van der Waals surface area contributed by atoms with Crippen molar-refractivity contribution in [3.8, 4) is 0 Å². The van der Waals surface area contributed by atoms with E-state index in [4.69, 9.17) is 5.84 Å². The maximum Gasteiger partial charge on any atom is 0.246 e. The molecule has 1 aliphatic heterocycles. The van der Waals surface area contributed by atoms with Crippen molar-refractivity contribution < 1.29 is 4.79 Å². The maximum atomic E-state index is 12.1. The van der Waals surface area contributed by atoms with Crippen molar-refractivity contribution in [3.63, 3.8) is 0 Å². The number of hydrogen-bond donors (Lipinski definition) is 2. The Balaban J connectivity index is 2.35. The van der Waals surface area contributed by atoms with E-state index in [0.29, 0.717) is 0 Å². The Morgan fingerprint density at radius 1 is 1.47 bits per heavy atom. The largest absolute Gasteiger partial charge is 0.306 e. The summed E-state index contributed by atoms with van der Waals surface area (Å²) in [6.45, 7) is 1.76. The zero-order valence-electron chi connectivity index (χ0n) is 10.0. The summed E-state index contributed by atoms with van der Waals surface area (Å²) in [4.78, 5) is 18.6. The van der Waals surface area contributed by atoms with E-state index >= 15 is 0 Å². The number of nitrogens with two attached hydrogens (primary N) is 1. The molecule has 2 heterocycles. The van der Waals surface area contributed by atoms with Crippen LogP contribution in [0.5, 0.6) is 0 Å². The molecule has 1 aromatic rings. The highest BCUT2D eigenvalue weighted by Gasteiger charge is 2.43. The first-order valence-corrected chi connectivity index (χ1v) is 5.80. The molecule has 3 N–H and O–H groups in total. The summed E-state index contributed by atoms with van der Waals surface area (Å²) in [5.74, 6) is 5.18. The zero-order valence-corrected chi connectivity index (χ0v) is 10.0. The van der Waals surface area contributed by atoms with Crippen LogP contribution in [-0.4, -0.2) is 35.9 Å². The van der Waals surface area contributed by atoms with Gasteiger partial charge in [0.05, 0.1) is 11.1 Å². The van der Waals surface area contributed by atoms with Crippen LogP contribution in [0.25, 0.3) is 0 Å². The quantitative estimate of drug-likeness (QED) is 0.430. The smallest absolute Gasteiger partial charge is 0.246 e. The molecule has 1 saturated heterocycles. The van der Waals surface area contributed by atoms with E-state index in [2.05, 4.69) is 22.4 Å². The van der Waals surface area contributed by atoms with Crippen LogP contribution < -0.4 is 11.3 Å². The summed E-state index contributed by atoms with van der Waals surface area (Å²) >= 11 is 0. The van der Waals surface area contributed by atoms with Gasteiger partial charge in [-0.05, 0) is 45.1 Å². The molecule has 2 rings (SSSR count). The molecule has 1 aliphatic rings. The number of amides is 1. The van der Waals surface area contributed by atoms with Crippen molar-refractivity contribution >= 4 is 5.91 Å². The average molecular weight is 234 g/mol. The predicted octanol–water partition coefficient (Wildman–Crippen LogP) is 0.0349. The van der Waals surface area contributed by atoms with Gasteiger partial charge in [0, 0.05) is 6.20 Å². The van der Waals surface area contributed by atoms with E-state index in [1.807, 2.05) is 18.2 Å². The highest BCUT2D eigenvalue weighted by atomic mass is 16.2. The molecular weight excluding hydrogens is 216 g/mol. The van der Waals surface area contributed by atoms with Crippen LogP contribution >= 0.6 is 0 Å². The number of pyridine rings is 1. The molecule has 0 bridgehead atoms. The molecule has 92 valence electrons. The first kappa shape index (κ1) is 12.0. The van der Waals surface area contributed by atoms with Gasteiger partial charge in [0.15, 0.2) is 0 Å². The van der Waals surface area contributed by atoms with Crippen LogP contribution in [0.1, 0.15) is 18.5 Å². The van der Waals surface area contributed by atoms with Gasteiger partial charge in [-0.15, -0.1) is 0 Å². The minimum Gasteiger partial charge on any atom is -0.306 e. The SMILES string of the molecule is CN1CCC(C(=O)NN)(c2ccccn2)CC1. The topological polar surface area (TPSA) is 71.2 Å². The molecule has 1 amide bonds. The number of rotatable bonds is 2. The Hall–Kier alpha value is -1.46. The highest BCUT2D eigenvalue weighted by molar-refractivity contribution is 5.87. The lowest BCUT2D eigenvalue weighted by Gasteiger charge is -2.38. The van der Waals surface area contributed by atoms with Gasteiger partial charge in [-0.25, -0.2) is 5.84 Å². The molecule has 1 fully saturated rings. The lowest BCUT2D eigenvalue weighted by atomic mass is 9.74. The standard InChI is InChI=1S/C12H18N4O/c1-16-8-5-12(6-9-16,11(17)15-13)10-4-2-3-7-14-10/h2-4,7H,5-6,8-9,13H2,1H3,(H,15,17). The molecule has 0 aliphatic carbocycles. The predicted molar refractivity (Wildman–Crippen MR) is 65.0 cm³/mol. The molecule has 17 heavy (non-hydrogen) atoms. The van der Waals surface area contributed by atoms with Crippen molar-refractivity contribution in [2.75, 3.05) is 20.1 Å². The number of carbonyl (C=O) groups excluding carboxylic acids is 1. The van der Waals surface area contributed by atoms with Gasteiger partial charge in [0.2, 0.25) is 5.91 Å². The van der Waals surface area contributed by atoms with E-state index in [-0.39, 0.29) is 5.91 Å². The molecule has 1 aromatic heterocycles. The fourth-order valence-corrected chi connectivity index (χ4v) is 2.38. The van der Waals surface area contributed by atoms with Gasteiger partial charge in [-0.3, -0.25) is 15.2 Å². The molecule has 0 radical (unpaired) electrons. The third kappa shape index (κ3) is 2.16. The van der Waals surface area contributed by atoms with E-state index in [9.17, 15) is 4.79 Å². The molecular formula is C12H18N4O. The van der Waals surface area contributed by atoms with E-state index in [1.54, 1.807) is 6.20 Å². The number of nitrogens with zero attached hydrogens (tertiary/aromatic N) is 2. The first-order valence-electron chi connectivity index (χ1n) is 5.80. The number of hydrazine groups is 1. The molecule has 0 unspecified atom stereocenters. The number of likely N-dealkylation sites (tertiary alicyclic amines) is 1. The maximum absolute atomic E-state index is 12.1. The van der Waals surface area contributed by atoms with Gasteiger partial charge in [-0.1, -0.05) is 6.07 Å². The third-order valence-electron chi connectivity index (χ3n) is 3.56. The Morgan fingerprint density at radius 2 is 2.18 bits per heavy atom. The molecule has 0 saturated carbocycles. The summed E-state index contributed by atoms with van der Waals surface area (Å²) < 4.78 is 0. The minimum absolute atomic E-state index is 0.135. The molecule has 5 nitrogen and oxygen atoms in total. The Labute approximate surface area is 101 Å². The number of nitrogens with one attached hydrogen (secondary N) is 1. The van der Waals surface area contributed by atoms with E-state index in [0.717, 1.165) is 31.6 Å². The van der Waals surface area contributed by atoms with Crippen LogP contribution in [0, 0.1) is 0 Å².